The molecule has 4 aromatic rings. The van der Waals surface area contributed by atoms with Gasteiger partial charge >= 0.3 is 0 Å². The van der Waals surface area contributed by atoms with E-state index in [2.05, 4.69) is 20.3 Å². The Morgan fingerprint density at radius 2 is 1.76 bits per heavy atom. The molecule has 5 rings (SSSR count). The van der Waals surface area contributed by atoms with Gasteiger partial charge in [0.2, 0.25) is 5.88 Å². The van der Waals surface area contributed by atoms with Crippen LogP contribution in [0.25, 0.3) is 10.9 Å². The number of carbonyl (C=O) groups is 1. The van der Waals surface area contributed by atoms with Crippen LogP contribution in [0.2, 0.25) is 0 Å². The third-order valence-corrected chi connectivity index (χ3v) is 5.09. The van der Waals surface area contributed by atoms with Crippen LogP contribution in [-0.2, 0) is 0 Å². The van der Waals surface area contributed by atoms with E-state index >= 15 is 0 Å². The molecular formula is C24H18F2N4O4. The molecule has 1 fully saturated rings. The second-order valence-electron chi connectivity index (χ2n) is 7.54. The zero-order valence-electron chi connectivity index (χ0n) is 17.9. The van der Waals surface area contributed by atoms with Crippen molar-refractivity contribution in [3.05, 3.63) is 72.3 Å². The van der Waals surface area contributed by atoms with Gasteiger partial charge in [0.25, 0.3) is 5.91 Å². The smallest absolute Gasteiger partial charge is 0.261 e. The van der Waals surface area contributed by atoms with E-state index in [1.54, 1.807) is 12.1 Å². The Hall–Kier alpha value is -4.34. The number of pyridine rings is 3. The van der Waals surface area contributed by atoms with E-state index in [1.807, 2.05) is 0 Å². The van der Waals surface area contributed by atoms with Gasteiger partial charge in [-0.05, 0) is 31.0 Å². The zero-order chi connectivity index (χ0) is 23.7. The number of anilines is 1. The Bertz CT molecular complexity index is 1370. The lowest BCUT2D eigenvalue weighted by molar-refractivity contribution is 0.102. The lowest BCUT2D eigenvalue weighted by atomic mass is 10.2. The van der Waals surface area contributed by atoms with Gasteiger partial charge in [-0.2, -0.15) is 0 Å². The van der Waals surface area contributed by atoms with E-state index in [9.17, 15) is 13.6 Å². The van der Waals surface area contributed by atoms with Crippen LogP contribution in [0.5, 0.6) is 23.1 Å². The number of methoxy groups -OCH3 is 1. The highest BCUT2D eigenvalue weighted by molar-refractivity contribution is 6.06. The highest BCUT2D eigenvalue weighted by Gasteiger charge is 2.26. The molecule has 3 heterocycles. The van der Waals surface area contributed by atoms with E-state index in [-0.39, 0.29) is 29.0 Å². The summed E-state index contributed by atoms with van der Waals surface area (Å²) in [6.07, 6.45) is 7.68. The van der Waals surface area contributed by atoms with Gasteiger partial charge in [-0.1, -0.05) is 0 Å². The molecule has 10 heteroatoms. The molecule has 0 unspecified atom stereocenters. The molecule has 1 saturated carbocycles. The number of fused-ring (bicyclic) bond motifs is 1. The Morgan fingerprint density at radius 3 is 2.50 bits per heavy atom. The summed E-state index contributed by atoms with van der Waals surface area (Å²) in [4.78, 5) is 24.9. The lowest BCUT2D eigenvalue weighted by Crippen LogP contribution is -2.15. The summed E-state index contributed by atoms with van der Waals surface area (Å²) >= 11 is 0. The van der Waals surface area contributed by atoms with E-state index in [0.717, 1.165) is 25.0 Å². The molecule has 1 amide bonds. The van der Waals surface area contributed by atoms with Crippen molar-refractivity contribution >= 4 is 22.5 Å². The number of aromatic nitrogens is 3. The minimum Gasteiger partial charge on any atom is -0.489 e. The van der Waals surface area contributed by atoms with E-state index in [4.69, 9.17) is 14.2 Å². The summed E-state index contributed by atoms with van der Waals surface area (Å²) < 4.78 is 46.2. The normalized spacial score (nSPS) is 12.9. The molecule has 172 valence electrons. The highest BCUT2D eigenvalue weighted by Crippen LogP contribution is 2.37. The van der Waals surface area contributed by atoms with Crippen molar-refractivity contribution in [2.45, 2.75) is 18.9 Å². The topological polar surface area (TPSA) is 95.5 Å². The molecule has 1 aliphatic carbocycles. The average Bonchev–Trinajstić information content (AvgIpc) is 3.65. The van der Waals surface area contributed by atoms with Crippen molar-refractivity contribution in [3.63, 3.8) is 0 Å². The molecule has 0 atom stereocenters. The summed E-state index contributed by atoms with van der Waals surface area (Å²) in [5, 5.41) is 2.84. The summed E-state index contributed by atoms with van der Waals surface area (Å²) in [6.45, 7) is 0. The van der Waals surface area contributed by atoms with E-state index in [0.29, 0.717) is 16.7 Å². The number of carbonyl (C=O) groups excluding carboxylic acids is 1. The van der Waals surface area contributed by atoms with Crippen molar-refractivity contribution < 1.29 is 27.8 Å². The number of nitrogens with one attached hydrogen (secondary N) is 1. The number of hydrogen-bond acceptors (Lipinski definition) is 7. The van der Waals surface area contributed by atoms with Crippen molar-refractivity contribution in [1.82, 2.24) is 15.0 Å². The van der Waals surface area contributed by atoms with Crippen LogP contribution in [0.3, 0.4) is 0 Å². The van der Waals surface area contributed by atoms with Gasteiger partial charge in [0.05, 0.1) is 24.3 Å². The molecule has 0 bridgehead atoms. The van der Waals surface area contributed by atoms with E-state index < -0.39 is 23.3 Å². The van der Waals surface area contributed by atoms with Gasteiger partial charge in [-0.25, -0.2) is 13.8 Å². The number of halogens is 2. The fourth-order valence-corrected chi connectivity index (χ4v) is 3.34. The maximum atomic E-state index is 14.9. The van der Waals surface area contributed by atoms with Crippen molar-refractivity contribution in [2.75, 3.05) is 12.4 Å². The van der Waals surface area contributed by atoms with Gasteiger partial charge in [-0.15, -0.1) is 0 Å². The van der Waals surface area contributed by atoms with Crippen LogP contribution in [0.1, 0.15) is 23.2 Å². The Kier molecular flexibility index (Phi) is 5.62. The van der Waals surface area contributed by atoms with Crippen LogP contribution in [-0.4, -0.2) is 34.1 Å². The molecule has 0 radical (unpaired) electrons. The molecule has 1 aromatic carbocycles. The first-order valence-corrected chi connectivity index (χ1v) is 10.4. The second kappa shape index (κ2) is 8.89. The number of ether oxygens (including phenoxy) is 3. The first-order valence-electron chi connectivity index (χ1n) is 10.4. The van der Waals surface area contributed by atoms with Gasteiger partial charge < -0.3 is 19.5 Å². The summed E-state index contributed by atoms with van der Waals surface area (Å²) in [6, 6.07) is 6.58. The van der Waals surface area contributed by atoms with Gasteiger partial charge in [-0.3, -0.25) is 14.8 Å². The monoisotopic (exact) mass is 464 g/mol. The maximum Gasteiger partial charge on any atom is 0.261 e. The molecule has 3 aromatic heterocycles. The van der Waals surface area contributed by atoms with Crippen LogP contribution in [0.15, 0.2) is 55.1 Å². The van der Waals surface area contributed by atoms with E-state index in [1.165, 1.54) is 38.0 Å². The van der Waals surface area contributed by atoms with Crippen LogP contribution >= 0.6 is 0 Å². The van der Waals surface area contributed by atoms with Gasteiger partial charge in [0, 0.05) is 42.6 Å². The summed E-state index contributed by atoms with van der Waals surface area (Å²) in [5.74, 6) is -2.59. The molecule has 0 saturated heterocycles. The second-order valence-corrected chi connectivity index (χ2v) is 7.54. The highest BCUT2D eigenvalue weighted by atomic mass is 19.1. The number of rotatable bonds is 7. The number of benzene rings is 1. The van der Waals surface area contributed by atoms with Gasteiger partial charge in [0.1, 0.15) is 16.9 Å². The number of hydrogen-bond donors (Lipinski definition) is 1. The molecule has 34 heavy (non-hydrogen) atoms. The quantitative estimate of drug-likeness (QED) is 0.416. The predicted octanol–water partition coefficient (Wildman–Crippen LogP) is 4.90. The summed E-state index contributed by atoms with van der Waals surface area (Å²) in [5.41, 5.74) is 0.556. The fourth-order valence-electron chi connectivity index (χ4n) is 3.34. The van der Waals surface area contributed by atoms with Crippen molar-refractivity contribution in [2.24, 2.45) is 0 Å². The maximum absolute atomic E-state index is 14.9. The largest absolute Gasteiger partial charge is 0.489 e. The standard InChI is InChI=1S/C24H18F2N4O4/c1-32-24-21-18(4-8-29-24)28-9-6-20(21)34-22-16(25)10-13(11-17(22)26)30-23(31)15-12-27-7-5-19(15)33-14-2-3-14/h4-12,14H,2-3H2,1H3,(H,30,31). The first-order chi connectivity index (χ1) is 16.5. The third kappa shape index (κ3) is 4.29. The van der Waals surface area contributed by atoms with Crippen molar-refractivity contribution in [1.29, 1.82) is 0 Å². The number of amides is 1. The first kappa shape index (κ1) is 21.5. The van der Waals surface area contributed by atoms with Crippen molar-refractivity contribution in [3.8, 4) is 23.1 Å². The Morgan fingerprint density at radius 1 is 1.03 bits per heavy atom. The fraction of sp³-hybridized carbons (Fsp3) is 0.167. The molecular weight excluding hydrogens is 446 g/mol. The Balaban J connectivity index is 1.41. The van der Waals surface area contributed by atoms with Gasteiger partial charge in [0.15, 0.2) is 17.4 Å². The molecule has 1 aliphatic rings. The van der Waals surface area contributed by atoms with Crippen LogP contribution < -0.4 is 19.5 Å². The lowest BCUT2D eigenvalue weighted by Gasteiger charge is -2.14. The summed E-state index contributed by atoms with van der Waals surface area (Å²) in [7, 11) is 1.42. The average molecular weight is 464 g/mol. The minimum absolute atomic E-state index is 0.0679. The number of nitrogens with zero attached hydrogens (tertiary/aromatic N) is 3. The SMILES string of the molecule is COc1nccc2nccc(Oc3c(F)cc(NC(=O)c4cnccc4OC4CC4)cc3F)c12. The molecule has 8 nitrogen and oxygen atoms in total. The van der Waals surface area contributed by atoms with Crippen LogP contribution in [0, 0.1) is 11.6 Å². The molecule has 0 spiro atoms. The zero-order valence-corrected chi connectivity index (χ0v) is 17.9. The molecule has 1 N–H and O–H groups in total. The predicted molar refractivity (Wildman–Crippen MR) is 118 cm³/mol. The van der Waals surface area contributed by atoms with Crippen LogP contribution in [0.4, 0.5) is 14.5 Å². The Labute approximate surface area is 192 Å². The minimum atomic E-state index is -1.01. The molecule has 0 aliphatic heterocycles. The third-order valence-electron chi connectivity index (χ3n) is 5.09.